The normalized spacial score (nSPS) is 15.2. The first kappa shape index (κ1) is 17.0. The number of hydrogen-bond donors (Lipinski definition) is 2. The largest absolute Gasteiger partial charge is 0.336 e. The highest BCUT2D eigenvalue weighted by Gasteiger charge is 2.29. The Balaban J connectivity index is 1.79. The van der Waals surface area contributed by atoms with Gasteiger partial charge in [-0.25, -0.2) is 0 Å². The molecule has 0 aromatic heterocycles. The Kier molecular flexibility index (Phi) is 6.40. The fourth-order valence-corrected chi connectivity index (χ4v) is 3.24. The minimum absolute atomic E-state index is 0.0119. The molecular formula is C18H31N3O+2. The Morgan fingerprint density at radius 2 is 2.05 bits per heavy atom. The molecule has 1 aliphatic rings. The van der Waals surface area contributed by atoms with E-state index >= 15 is 0 Å². The summed E-state index contributed by atoms with van der Waals surface area (Å²) in [5.74, 6) is 0.250. The number of fused-ring (bicyclic) bond motifs is 1. The molecule has 122 valence electrons. The van der Waals surface area contributed by atoms with Crippen LogP contribution in [-0.2, 0) is 11.2 Å². The Bertz CT molecular complexity index is 485. The van der Waals surface area contributed by atoms with Gasteiger partial charge in [0, 0.05) is 18.7 Å². The van der Waals surface area contributed by atoms with Crippen molar-refractivity contribution in [2.75, 3.05) is 37.6 Å². The van der Waals surface area contributed by atoms with Crippen LogP contribution in [0.15, 0.2) is 24.3 Å². The van der Waals surface area contributed by atoms with Gasteiger partial charge in [0.15, 0.2) is 6.04 Å². The van der Waals surface area contributed by atoms with E-state index in [0.29, 0.717) is 0 Å². The molecule has 1 amide bonds. The maximum Gasteiger partial charge on any atom is 0.284 e. The van der Waals surface area contributed by atoms with Crippen molar-refractivity contribution in [2.24, 2.45) is 0 Å². The maximum absolute atomic E-state index is 12.6. The van der Waals surface area contributed by atoms with Gasteiger partial charge in [0.25, 0.3) is 5.91 Å². The highest BCUT2D eigenvalue weighted by Crippen LogP contribution is 2.27. The van der Waals surface area contributed by atoms with Crippen molar-refractivity contribution in [3.8, 4) is 0 Å². The van der Waals surface area contributed by atoms with Crippen molar-refractivity contribution in [1.29, 1.82) is 0 Å². The second-order valence-electron chi connectivity index (χ2n) is 6.24. The van der Waals surface area contributed by atoms with Gasteiger partial charge in [0.1, 0.15) is 0 Å². The zero-order valence-electron chi connectivity index (χ0n) is 14.3. The first-order valence-corrected chi connectivity index (χ1v) is 8.73. The van der Waals surface area contributed by atoms with Gasteiger partial charge in [-0.2, -0.15) is 0 Å². The Labute approximate surface area is 134 Å². The van der Waals surface area contributed by atoms with Crippen LogP contribution < -0.4 is 15.1 Å². The fraction of sp³-hybridized carbons (Fsp3) is 0.611. The van der Waals surface area contributed by atoms with Gasteiger partial charge in [-0.05, 0) is 38.8 Å². The number of quaternary nitrogens is 2. The zero-order chi connectivity index (χ0) is 15.9. The van der Waals surface area contributed by atoms with Crippen molar-refractivity contribution >= 4 is 11.6 Å². The van der Waals surface area contributed by atoms with Crippen LogP contribution >= 0.6 is 0 Å². The quantitative estimate of drug-likeness (QED) is 0.644. The summed E-state index contributed by atoms with van der Waals surface area (Å²) in [4.78, 5) is 16.2. The molecule has 0 saturated carbocycles. The molecule has 0 aliphatic carbocycles. The second-order valence-corrected chi connectivity index (χ2v) is 6.24. The lowest BCUT2D eigenvalue weighted by atomic mass is 10.2. The molecule has 4 heteroatoms. The van der Waals surface area contributed by atoms with E-state index in [1.54, 1.807) is 4.90 Å². The average molecular weight is 305 g/mol. The molecule has 1 atom stereocenters. The summed E-state index contributed by atoms with van der Waals surface area (Å²) in [6.07, 6.45) is 2.16. The van der Waals surface area contributed by atoms with E-state index < -0.39 is 0 Å². The minimum atomic E-state index is 0.0119. The van der Waals surface area contributed by atoms with Crippen LogP contribution in [0.3, 0.4) is 0 Å². The standard InChI is InChI=1S/C18H29N3O/c1-4-20(5-2)13-8-12-19-15(3)18(22)21-14-11-16-9-6-7-10-17(16)21/h6-7,9-10,15,19H,4-5,8,11-14H2,1-3H3/p+2/t15-/m1/s1. The predicted molar refractivity (Wildman–Crippen MR) is 90.3 cm³/mol. The summed E-state index contributed by atoms with van der Waals surface area (Å²) in [6.45, 7) is 12.0. The topological polar surface area (TPSA) is 41.4 Å². The van der Waals surface area contributed by atoms with E-state index in [1.165, 1.54) is 31.6 Å². The molecule has 0 bridgehead atoms. The van der Waals surface area contributed by atoms with Crippen molar-refractivity contribution in [2.45, 2.75) is 39.7 Å². The van der Waals surface area contributed by atoms with Crippen molar-refractivity contribution < 1.29 is 15.0 Å². The molecule has 4 nitrogen and oxygen atoms in total. The number of carbonyl (C=O) groups is 1. The van der Waals surface area contributed by atoms with E-state index in [-0.39, 0.29) is 11.9 Å². The number of anilines is 1. The number of nitrogens with two attached hydrogens (primary N) is 1. The van der Waals surface area contributed by atoms with Crippen molar-refractivity contribution in [3.63, 3.8) is 0 Å². The van der Waals surface area contributed by atoms with Gasteiger partial charge in [0.2, 0.25) is 0 Å². The first-order valence-electron chi connectivity index (χ1n) is 8.73. The highest BCUT2D eigenvalue weighted by atomic mass is 16.2. The highest BCUT2D eigenvalue weighted by molar-refractivity contribution is 5.97. The SMILES string of the molecule is CC[NH+](CC)CCC[NH2+][C@H](C)C(=O)N1CCc2ccccc21. The van der Waals surface area contributed by atoms with Crippen LogP contribution in [0.5, 0.6) is 0 Å². The van der Waals surface area contributed by atoms with Crippen LogP contribution in [0.25, 0.3) is 0 Å². The third kappa shape index (κ3) is 4.08. The summed E-state index contributed by atoms with van der Waals surface area (Å²) in [7, 11) is 0. The smallest absolute Gasteiger partial charge is 0.284 e. The summed E-state index contributed by atoms with van der Waals surface area (Å²) >= 11 is 0. The predicted octanol–water partition coefficient (Wildman–Crippen LogP) is -0.158. The van der Waals surface area contributed by atoms with Crippen LogP contribution in [-0.4, -0.2) is 44.7 Å². The number of benzene rings is 1. The molecule has 3 N–H and O–H groups in total. The number of hydrogen-bond acceptors (Lipinski definition) is 1. The summed E-state index contributed by atoms with van der Waals surface area (Å²) in [6, 6.07) is 8.28. The maximum atomic E-state index is 12.6. The number of para-hydroxylation sites is 1. The van der Waals surface area contributed by atoms with Gasteiger partial charge in [0.05, 0.1) is 26.2 Å². The van der Waals surface area contributed by atoms with Crippen LogP contribution in [0, 0.1) is 0 Å². The van der Waals surface area contributed by atoms with E-state index in [1.807, 2.05) is 17.9 Å². The summed E-state index contributed by atoms with van der Waals surface area (Å²) in [5.41, 5.74) is 2.41. The summed E-state index contributed by atoms with van der Waals surface area (Å²) < 4.78 is 0. The minimum Gasteiger partial charge on any atom is -0.336 e. The summed E-state index contributed by atoms with van der Waals surface area (Å²) in [5, 5.41) is 2.20. The molecular weight excluding hydrogens is 274 g/mol. The van der Waals surface area contributed by atoms with E-state index in [2.05, 4.69) is 37.4 Å². The molecule has 2 rings (SSSR count). The molecule has 0 saturated heterocycles. The third-order valence-electron chi connectivity index (χ3n) is 4.80. The molecule has 0 spiro atoms. The van der Waals surface area contributed by atoms with E-state index in [0.717, 1.165) is 25.2 Å². The Morgan fingerprint density at radius 3 is 2.77 bits per heavy atom. The molecule has 22 heavy (non-hydrogen) atoms. The average Bonchev–Trinajstić information content (AvgIpc) is 2.98. The van der Waals surface area contributed by atoms with Crippen LogP contribution in [0.2, 0.25) is 0 Å². The zero-order valence-corrected chi connectivity index (χ0v) is 14.3. The lowest BCUT2D eigenvalue weighted by Crippen LogP contribution is -3.11. The first-order chi connectivity index (χ1) is 10.7. The molecule has 1 heterocycles. The number of amides is 1. The molecule has 0 unspecified atom stereocenters. The number of rotatable bonds is 8. The Hall–Kier alpha value is -1.39. The molecule has 1 aliphatic heterocycles. The third-order valence-corrected chi connectivity index (χ3v) is 4.80. The number of nitrogens with zero attached hydrogens (tertiary/aromatic N) is 1. The van der Waals surface area contributed by atoms with E-state index in [9.17, 15) is 4.79 Å². The Morgan fingerprint density at radius 1 is 1.32 bits per heavy atom. The van der Waals surface area contributed by atoms with Gasteiger partial charge < -0.3 is 15.1 Å². The monoisotopic (exact) mass is 305 g/mol. The fourth-order valence-electron chi connectivity index (χ4n) is 3.24. The number of nitrogens with one attached hydrogen (secondary N) is 1. The molecule has 0 fully saturated rings. The van der Waals surface area contributed by atoms with Gasteiger partial charge >= 0.3 is 0 Å². The van der Waals surface area contributed by atoms with Gasteiger partial charge in [-0.1, -0.05) is 18.2 Å². The lowest BCUT2D eigenvalue weighted by Gasteiger charge is -2.21. The van der Waals surface area contributed by atoms with E-state index in [4.69, 9.17) is 0 Å². The van der Waals surface area contributed by atoms with Gasteiger partial charge in [-0.15, -0.1) is 0 Å². The molecule has 1 aromatic carbocycles. The van der Waals surface area contributed by atoms with Crippen molar-refractivity contribution in [3.05, 3.63) is 29.8 Å². The number of carbonyl (C=O) groups excluding carboxylic acids is 1. The second kappa shape index (κ2) is 8.30. The molecule has 1 aromatic rings. The van der Waals surface area contributed by atoms with Crippen molar-refractivity contribution in [1.82, 2.24) is 0 Å². The van der Waals surface area contributed by atoms with Gasteiger partial charge in [-0.3, -0.25) is 4.79 Å². The van der Waals surface area contributed by atoms with Crippen LogP contribution in [0.1, 0.15) is 32.8 Å². The lowest BCUT2D eigenvalue weighted by molar-refractivity contribution is -0.898. The molecule has 0 radical (unpaired) electrons. The van der Waals surface area contributed by atoms with Crippen LogP contribution in [0.4, 0.5) is 5.69 Å².